The van der Waals surface area contributed by atoms with Gasteiger partial charge in [0.25, 0.3) is 0 Å². The molecule has 0 bridgehead atoms. The Morgan fingerprint density at radius 2 is 1.71 bits per heavy atom. The summed E-state index contributed by atoms with van der Waals surface area (Å²) in [7, 11) is 1.56. The topological polar surface area (TPSA) is 65.4 Å². The molecule has 0 aliphatic heterocycles. The summed E-state index contributed by atoms with van der Waals surface area (Å²) >= 11 is 0. The number of rotatable bonds is 1. The number of hydrogen-bond acceptors (Lipinski definition) is 4. The zero-order chi connectivity index (χ0) is 17.9. The van der Waals surface area contributed by atoms with Crippen LogP contribution in [0.15, 0.2) is 12.4 Å². The number of nitrogen functional groups attached to an aromatic ring is 1. The summed E-state index contributed by atoms with van der Waals surface area (Å²) in [6.07, 6.45) is 13.9. The molecule has 136 valence electrons. The van der Waals surface area contributed by atoms with Crippen molar-refractivity contribution >= 4 is 11.3 Å². The molecule has 0 atom stereocenters. The van der Waals surface area contributed by atoms with Crippen molar-refractivity contribution in [3.05, 3.63) is 18.2 Å². The molecule has 3 rings (SSSR count). The van der Waals surface area contributed by atoms with Crippen molar-refractivity contribution in [2.75, 3.05) is 12.8 Å². The highest BCUT2D eigenvalue weighted by Crippen LogP contribution is 2.23. The van der Waals surface area contributed by atoms with Crippen molar-refractivity contribution in [1.29, 1.82) is 0 Å². The van der Waals surface area contributed by atoms with Gasteiger partial charge in [-0.1, -0.05) is 65.7 Å². The Hall–Kier alpha value is -1.78. The van der Waals surface area contributed by atoms with Gasteiger partial charge >= 0.3 is 0 Å². The average molecular weight is 335 g/mol. The molecule has 0 radical (unpaired) electrons. The minimum Gasteiger partial charge on any atom is -0.479 e. The second-order valence-electron chi connectivity index (χ2n) is 6.15. The van der Waals surface area contributed by atoms with Crippen molar-refractivity contribution in [1.82, 2.24) is 14.4 Å². The van der Waals surface area contributed by atoms with Gasteiger partial charge in [0.2, 0.25) is 5.88 Å². The molecule has 2 N–H and O–H groups in total. The molecular formula is C19H34N4O. The quantitative estimate of drug-likeness (QED) is 0.795. The molecule has 2 aromatic rings. The highest BCUT2D eigenvalue weighted by molar-refractivity contribution is 5.72. The third-order valence-corrected chi connectivity index (χ3v) is 4.31. The standard InChI is InChI=1S/C9H18.C8H10N4O.C2H6/c1-9-7-5-3-2-4-6-8-9;1-5-11-8(13-2)6-7(9)10-3-4-12(5)6;1-2/h9H,2-8H2,1H3;3-4H,1-2H3,(H2,9,10);1-2H3. The number of nitrogens with zero attached hydrogens (tertiary/aromatic N) is 3. The molecule has 2 aromatic heterocycles. The van der Waals surface area contributed by atoms with Crippen molar-refractivity contribution in [2.45, 2.75) is 72.6 Å². The molecule has 1 fully saturated rings. The zero-order valence-electron chi connectivity index (χ0n) is 16.0. The summed E-state index contributed by atoms with van der Waals surface area (Å²) in [5.74, 6) is 2.80. The summed E-state index contributed by atoms with van der Waals surface area (Å²) < 4.78 is 6.93. The first-order valence-corrected chi connectivity index (χ1v) is 9.26. The lowest BCUT2D eigenvalue weighted by Gasteiger charge is -2.13. The lowest BCUT2D eigenvalue weighted by molar-refractivity contribution is 0.404. The summed E-state index contributed by atoms with van der Waals surface area (Å²) in [5, 5.41) is 0. The van der Waals surface area contributed by atoms with Crippen LogP contribution < -0.4 is 10.5 Å². The maximum absolute atomic E-state index is 5.69. The van der Waals surface area contributed by atoms with Gasteiger partial charge in [-0.3, -0.25) is 4.40 Å². The van der Waals surface area contributed by atoms with Gasteiger partial charge in [-0.15, -0.1) is 0 Å². The fourth-order valence-corrected chi connectivity index (χ4v) is 2.98. The third-order valence-electron chi connectivity index (χ3n) is 4.31. The van der Waals surface area contributed by atoms with Crippen LogP contribution in [0.5, 0.6) is 5.88 Å². The molecule has 0 aromatic carbocycles. The molecule has 1 aliphatic carbocycles. The van der Waals surface area contributed by atoms with E-state index in [2.05, 4.69) is 16.9 Å². The third kappa shape index (κ3) is 5.69. The molecule has 5 heteroatoms. The van der Waals surface area contributed by atoms with Crippen LogP contribution >= 0.6 is 0 Å². The Labute approximate surface area is 146 Å². The highest BCUT2D eigenvalue weighted by Gasteiger charge is 2.11. The van der Waals surface area contributed by atoms with Crippen molar-refractivity contribution in [2.24, 2.45) is 5.92 Å². The predicted molar refractivity (Wildman–Crippen MR) is 102 cm³/mol. The molecule has 2 heterocycles. The van der Waals surface area contributed by atoms with E-state index >= 15 is 0 Å². The zero-order valence-corrected chi connectivity index (χ0v) is 16.0. The second-order valence-corrected chi connectivity index (χ2v) is 6.15. The van der Waals surface area contributed by atoms with Gasteiger partial charge in [-0.05, 0) is 12.8 Å². The van der Waals surface area contributed by atoms with E-state index in [1.165, 1.54) is 44.9 Å². The Morgan fingerprint density at radius 3 is 2.29 bits per heavy atom. The molecule has 24 heavy (non-hydrogen) atoms. The lowest BCUT2D eigenvalue weighted by Crippen LogP contribution is -1.97. The van der Waals surface area contributed by atoms with Gasteiger partial charge < -0.3 is 10.5 Å². The van der Waals surface area contributed by atoms with Crippen LogP contribution in [-0.4, -0.2) is 21.5 Å². The number of anilines is 1. The number of methoxy groups -OCH3 is 1. The maximum atomic E-state index is 5.69. The first kappa shape index (κ1) is 20.3. The van der Waals surface area contributed by atoms with Crippen molar-refractivity contribution in [3.8, 4) is 5.88 Å². The van der Waals surface area contributed by atoms with Crippen LogP contribution in [0.2, 0.25) is 0 Å². The van der Waals surface area contributed by atoms with Gasteiger partial charge in [0.05, 0.1) is 7.11 Å². The monoisotopic (exact) mass is 334 g/mol. The number of ether oxygens (including phenoxy) is 1. The number of fused-ring (bicyclic) bond motifs is 1. The predicted octanol–water partition coefficient (Wildman–Crippen LogP) is 5.02. The molecule has 0 unspecified atom stereocenters. The van der Waals surface area contributed by atoms with Crippen LogP contribution in [0.3, 0.4) is 0 Å². The number of hydrogen-bond donors (Lipinski definition) is 1. The lowest BCUT2D eigenvalue weighted by atomic mass is 9.93. The van der Waals surface area contributed by atoms with E-state index in [9.17, 15) is 0 Å². The number of aromatic nitrogens is 3. The maximum Gasteiger partial charge on any atom is 0.243 e. The fraction of sp³-hybridized carbons (Fsp3) is 0.684. The van der Waals surface area contributed by atoms with E-state index in [4.69, 9.17) is 10.5 Å². The van der Waals surface area contributed by atoms with Gasteiger partial charge in [0, 0.05) is 12.4 Å². The van der Waals surface area contributed by atoms with Crippen LogP contribution in [0, 0.1) is 12.8 Å². The molecule has 0 spiro atoms. The van der Waals surface area contributed by atoms with Crippen LogP contribution in [-0.2, 0) is 0 Å². The molecule has 0 saturated heterocycles. The fourth-order valence-electron chi connectivity index (χ4n) is 2.98. The molecular weight excluding hydrogens is 300 g/mol. The summed E-state index contributed by atoms with van der Waals surface area (Å²) in [6.45, 7) is 8.28. The molecule has 1 saturated carbocycles. The minimum absolute atomic E-state index is 0.431. The van der Waals surface area contributed by atoms with Gasteiger partial charge in [0.1, 0.15) is 5.82 Å². The largest absolute Gasteiger partial charge is 0.479 e. The number of imidazole rings is 1. The average Bonchev–Trinajstić information content (AvgIpc) is 2.91. The van der Waals surface area contributed by atoms with Crippen molar-refractivity contribution in [3.63, 3.8) is 0 Å². The van der Waals surface area contributed by atoms with Crippen LogP contribution in [0.4, 0.5) is 5.82 Å². The Balaban J connectivity index is 0.000000230. The summed E-state index contributed by atoms with van der Waals surface area (Å²) in [5.41, 5.74) is 6.42. The summed E-state index contributed by atoms with van der Waals surface area (Å²) in [6, 6.07) is 0. The van der Waals surface area contributed by atoms with E-state index < -0.39 is 0 Å². The molecule has 0 amide bonds. The minimum atomic E-state index is 0.431. The Kier molecular flexibility index (Phi) is 9.20. The van der Waals surface area contributed by atoms with Gasteiger partial charge in [-0.25, -0.2) is 4.98 Å². The molecule has 1 aliphatic rings. The summed E-state index contributed by atoms with van der Waals surface area (Å²) in [4.78, 5) is 8.16. The van der Waals surface area contributed by atoms with Gasteiger partial charge in [-0.2, -0.15) is 4.98 Å². The smallest absolute Gasteiger partial charge is 0.243 e. The second kappa shape index (κ2) is 10.9. The van der Waals surface area contributed by atoms with Crippen LogP contribution in [0.25, 0.3) is 5.52 Å². The Morgan fingerprint density at radius 1 is 1.12 bits per heavy atom. The highest BCUT2D eigenvalue weighted by atomic mass is 16.5. The van der Waals surface area contributed by atoms with Crippen molar-refractivity contribution < 1.29 is 4.74 Å². The van der Waals surface area contributed by atoms with Crippen LogP contribution in [0.1, 0.15) is 71.5 Å². The van der Waals surface area contributed by atoms with Gasteiger partial charge in [0.15, 0.2) is 11.3 Å². The van der Waals surface area contributed by atoms with E-state index in [1.807, 2.05) is 25.2 Å². The van der Waals surface area contributed by atoms with E-state index in [0.29, 0.717) is 11.7 Å². The normalized spacial score (nSPS) is 15.4. The number of nitrogens with two attached hydrogens (primary N) is 1. The SMILES string of the molecule is CC.CC1CCCCCCC1.COc1nc(C)n2ccnc(N)c12. The first-order chi connectivity index (χ1) is 11.6. The number of aryl methyl sites for hydroxylation is 1. The first-order valence-electron chi connectivity index (χ1n) is 9.26. The molecule has 5 nitrogen and oxygen atoms in total. The Bertz CT molecular complexity index is 586. The van der Waals surface area contributed by atoms with E-state index in [0.717, 1.165) is 17.3 Å². The van der Waals surface area contributed by atoms with E-state index in [1.54, 1.807) is 19.5 Å². The van der Waals surface area contributed by atoms with E-state index in [-0.39, 0.29) is 0 Å².